The average Bonchev–Trinajstić information content (AvgIpc) is 2.76. The van der Waals surface area contributed by atoms with Gasteiger partial charge in [-0.2, -0.15) is 0 Å². The van der Waals surface area contributed by atoms with Gasteiger partial charge < -0.3 is 20.7 Å². The minimum atomic E-state index is -0.383. The summed E-state index contributed by atoms with van der Waals surface area (Å²) in [5.74, 6) is -0.923. The lowest BCUT2D eigenvalue weighted by atomic mass is 9.74. The largest absolute Gasteiger partial charge is 0.381 e. The third-order valence-corrected chi connectivity index (χ3v) is 5.48. The number of halogens is 2. The fourth-order valence-corrected chi connectivity index (χ4v) is 3.72. The molecule has 1 heterocycles. The van der Waals surface area contributed by atoms with E-state index in [1.807, 2.05) is 0 Å². The van der Waals surface area contributed by atoms with Crippen molar-refractivity contribution in [2.45, 2.75) is 24.7 Å². The molecule has 1 saturated heterocycles. The Morgan fingerprint density at radius 2 is 1.61 bits per heavy atom. The van der Waals surface area contributed by atoms with E-state index in [2.05, 4.69) is 16.0 Å². The Bertz CT molecular complexity index is 884. The van der Waals surface area contributed by atoms with Gasteiger partial charge in [0.2, 0.25) is 5.91 Å². The molecular weight excluding hydrogens is 404 g/mol. The van der Waals surface area contributed by atoms with Crippen LogP contribution in [0, 0.1) is 11.6 Å². The Hall–Kier alpha value is -3.00. The fourth-order valence-electron chi connectivity index (χ4n) is 3.72. The van der Waals surface area contributed by atoms with Gasteiger partial charge in [-0.05, 0) is 48.2 Å². The Balaban J connectivity index is 1.41. The second-order valence-corrected chi connectivity index (χ2v) is 7.67. The third-order valence-electron chi connectivity index (χ3n) is 5.48. The first-order valence-corrected chi connectivity index (χ1v) is 10.3. The number of urea groups is 1. The number of amides is 3. The quantitative estimate of drug-likeness (QED) is 0.563. The molecule has 0 atom stereocenters. The van der Waals surface area contributed by atoms with Gasteiger partial charge in [-0.1, -0.05) is 24.3 Å². The number of hydrogen-bond acceptors (Lipinski definition) is 3. The predicted octanol–water partition coefficient (Wildman–Crippen LogP) is 2.67. The third kappa shape index (κ3) is 6.75. The Labute approximate surface area is 180 Å². The summed E-state index contributed by atoms with van der Waals surface area (Å²) in [5, 5.41) is 8.29. The van der Waals surface area contributed by atoms with Crippen molar-refractivity contribution in [1.82, 2.24) is 16.0 Å². The molecule has 6 nitrogen and oxygen atoms in total. The van der Waals surface area contributed by atoms with Gasteiger partial charge in [0.1, 0.15) is 11.6 Å². The zero-order valence-electron chi connectivity index (χ0n) is 17.3. The van der Waals surface area contributed by atoms with E-state index < -0.39 is 0 Å². The summed E-state index contributed by atoms with van der Waals surface area (Å²) in [6, 6.07) is 11.9. The first kappa shape index (κ1) is 22.7. The highest BCUT2D eigenvalue weighted by molar-refractivity contribution is 5.78. The molecule has 0 bridgehead atoms. The van der Waals surface area contributed by atoms with Crippen LogP contribution < -0.4 is 16.0 Å². The summed E-state index contributed by atoms with van der Waals surface area (Å²) in [5.41, 5.74) is 1.26. The van der Waals surface area contributed by atoms with E-state index in [0.29, 0.717) is 25.3 Å². The van der Waals surface area contributed by atoms with E-state index in [4.69, 9.17) is 4.74 Å². The number of hydrogen-bond donors (Lipinski definition) is 3. The molecule has 0 spiro atoms. The van der Waals surface area contributed by atoms with Crippen molar-refractivity contribution >= 4 is 11.9 Å². The maximum Gasteiger partial charge on any atom is 0.314 e. The summed E-state index contributed by atoms with van der Waals surface area (Å²) in [7, 11) is 0. The number of carbonyl (C=O) groups excluding carboxylic acids is 2. The van der Waals surface area contributed by atoms with Crippen LogP contribution >= 0.6 is 0 Å². The molecule has 0 saturated carbocycles. The van der Waals surface area contributed by atoms with Gasteiger partial charge in [-0.3, -0.25) is 4.79 Å². The molecule has 31 heavy (non-hydrogen) atoms. The van der Waals surface area contributed by atoms with Gasteiger partial charge >= 0.3 is 6.03 Å². The lowest BCUT2D eigenvalue weighted by Crippen LogP contribution is -2.48. The minimum Gasteiger partial charge on any atom is -0.381 e. The number of rotatable bonds is 8. The van der Waals surface area contributed by atoms with Crippen molar-refractivity contribution in [1.29, 1.82) is 0 Å². The molecule has 0 aromatic heterocycles. The first-order valence-electron chi connectivity index (χ1n) is 10.3. The lowest BCUT2D eigenvalue weighted by Gasteiger charge is -2.38. The van der Waals surface area contributed by atoms with Gasteiger partial charge in [0.05, 0.1) is 6.42 Å². The normalized spacial score (nSPS) is 15.2. The van der Waals surface area contributed by atoms with E-state index in [1.165, 1.54) is 24.3 Å². The van der Waals surface area contributed by atoms with Crippen molar-refractivity contribution < 1.29 is 23.1 Å². The second kappa shape index (κ2) is 10.9. The smallest absolute Gasteiger partial charge is 0.314 e. The van der Waals surface area contributed by atoms with Crippen LogP contribution in [-0.4, -0.2) is 44.8 Å². The number of benzene rings is 2. The van der Waals surface area contributed by atoms with Gasteiger partial charge in [0, 0.05) is 38.3 Å². The summed E-state index contributed by atoms with van der Waals surface area (Å²) >= 11 is 0. The summed E-state index contributed by atoms with van der Waals surface area (Å²) in [6.07, 6.45) is 1.54. The topological polar surface area (TPSA) is 79.5 Å². The molecule has 8 heteroatoms. The van der Waals surface area contributed by atoms with Crippen molar-refractivity contribution in [3.63, 3.8) is 0 Å². The van der Waals surface area contributed by atoms with E-state index >= 15 is 0 Å². The molecule has 166 valence electrons. The highest BCUT2D eigenvalue weighted by Gasteiger charge is 2.34. The van der Waals surface area contributed by atoms with Crippen LogP contribution in [0.1, 0.15) is 24.0 Å². The van der Waals surface area contributed by atoms with E-state index in [9.17, 15) is 18.4 Å². The molecule has 0 radical (unpaired) electrons. The molecule has 3 rings (SSSR count). The minimum absolute atomic E-state index is 0.0756. The number of carbonyl (C=O) groups is 2. The van der Waals surface area contributed by atoms with Crippen molar-refractivity contribution in [2.75, 3.05) is 32.8 Å². The average molecular weight is 431 g/mol. The Morgan fingerprint density at radius 1 is 0.903 bits per heavy atom. The van der Waals surface area contributed by atoms with Crippen molar-refractivity contribution in [3.05, 3.63) is 71.3 Å². The number of ether oxygens (including phenoxy) is 1. The van der Waals surface area contributed by atoms with Gasteiger partial charge in [-0.15, -0.1) is 0 Å². The van der Waals surface area contributed by atoms with E-state index in [1.54, 1.807) is 24.3 Å². The highest BCUT2D eigenvalue weighted by atomic mass is 19.1. The van der Waals surface area contributed by atoms with Gasteiger partial charge in [-0.25, -0.2) is 13.6 Å². The SMILES string of the molecule is O=C(Cc1cccc(F)c1)NCCNC(=O)NCC1(c2ccc(F)cc2)CCOCC1. The lowest BCUT2D eigenvalue weighted by molar-refractivity contribution is -0.120. The highest BCUT2D eigenvalue weighted by Crippen LogP contribution is 2.34. The van der Waals surface area contributed by atoms with Gasteiger partial charge in [0.25, 0.3) is 0 Å². The molecule has 1 aliphatic heterocycles. The zero-order chi connectivity index (χ0) is 22.1. The predicted molar refractivity (Wildman–Crippen MR) is 113 cm³/mol. The molecule has 1 aliphatic rings. The van der Waals surface area contributed by atoms with Crippen LogP contribution in [0.4, 0.5) is 13.6 Å². The van der Waals surface area contributed by atoms with Crippen LogP contribution in [0.15, 0.2) is 48.5 Å². The molecular formula is C23H27F2N3O3. The van der Waals surface area contributed by atoms with Crippen LogP contribution in [0.5, 0.6) is 0 Å². The standard InChI is InChI=1S/C23H27F2N3O3/c24-19-6-4-18(5-7-19)23(8-12-31-13-9-23)16-28-22(30)27-11-10-26-21(29)15-17-2-1-3-20(25)14-17/h1-7,14H,8-13,15-16H2,(H,26,29)(H2,27,28,30). The van der Waals surface area contributed by atoms with Crippen LogP contribution in [-0.2, 0) is 21.4 Å². The molecule has 0 unspecified atom stereocenters. The van der Waals surface area contributed by atoms with E-state index in [-0.39, 0.29) is 48.5 Å². The van der Waals surface area contributed by atoms with Crippen molar-refractivity contribution in [3.8, 4) is 0 Å². The molecule has 2 aromatic carbocycles. The van der Waals surface area contributed by atoms with E-state index in [0.717, 1.165) is 18.4 Å². The maximum atomic E-state index is 13.3. The van der Waals surface area contributed by atoms with Gasteiger partial charge in [0.15, 0.2) is 0 Å². The maximum absolute atomic E-state index is 13.3. The fraction of sp³-hybridized carbons (Fsp3) is 0.391. The Kier molecular flexibility index (Phi) is 7.94. The van der Waals surface area contributed by atoms with Crippen LogP contribution in [0.2, 0.25) is 0 Å². The van der Waals surface area contributed by atoms with Crippen LogP contribution in [0.3, 0.4) is 0 Å². The van der Waals surface area contributed by atoms with Crippen molar-refractivity contribution in [2.24, 2.45) is 0 Å². The monoisotopic (exact) mass is 431 g/mol. The Morgan fingerprint density at radius 3 is 2.32 bits per heavy atom. The second-order valence-electron chi connectivity index (χ2n) is 7.67. The summed E-state index contributed by atoms with van der Waals surface area (Å²) in [4.78, 5) is 24.1. The zero-order valence-corrected chi connectivity index (χ0v) is 17.3. The summed E-state index contributed by atoms with van der Waals surface area (Å²) < 4.78 is 31.9. The number of nitrogens with one attached hydrogen (secondary N) is 3. The first-order chi connectivity index (χ1) is 15.0. The molecule has 3 N–H and O–H groups in total. The summed E-state index contributed by atoms with van der Waals surface area (Å²) in [6.45, 7) is 2.09. The molecule has 3 amide bonds. The molecule has 1 fully saturated rings. The molecule has 2 aromatic rings. The molecule has 0 aliphatic carbocycles. The van der Waals surface area contributed by atoms with Crippen LogP contribution in [0.25, 0.3) is 0 Å².